The number of hydrogen-bond donors (Lipinski definition) is 0. The lowest BCUT2D eigenvalue weighted by Crippen LogP contribution is -2.34. The molecule has 0 aliphatic rings. The zero-order valence-corrected chi connectivity index (χ0v) is 21.4. The van der Waals surface area contributed by atoms with Crippen LogP contribution >= 0.6 is 0 Å². The van der Waals surface area contributed by atoms with Gasteiger partial charge in [0.05, 0.1) is 0 Å². The van der Waals surface area contributed by atoms with Gasteiger partial charge in [-0.15, -0.1) is 0 Å². The van der Waals surface area contributed by atoms with E-state index in [0.29, 0.717) is 0 Å². The molecule has 0 aliphatic heterocycles. The molecule has 0 aliphatic carbocycles. The summed E-state index contributed by atoms with van der Waals surface area (Å²) in [7, 11) is -2.14. The molecule has 0 amide bonds. The summed E-state index contributed by atoms with van der Waals surface area (Å²) in [6.45, 7) is 11.7. The second-order valence-corrected chi connectivity index (χ2v) is 16.4. The van der Waals surface area contributed by atoms with Crippen molar-refractivity contribution in [3.63, 3.8) is 0 Å². The lowest BCUT2D eigenvalue weighted by molar-refractivity contribution is 0.525. The third kappa shape index (κ3) is 20.7. The molecule has 3 heteroatoms. The van der Waals surface area contributed by atoms with Gasteiger partial charge in [-0.1, -0.05) is 116 Å². The van der Waals surface area contributed by atoms with Crippen LogP contribution in [-0.4, -0.2) is 17.4 Å². The standard InChI is InChI=1S/C23H52OSi2/c1-6-7-8-9-10-11-12-13-14-15-16-17-18-19-20-21-22-23-26(4,5)24-25(2)3/h25H,6-23H2,1-5H3. The van der Waals surface area contributed by atoms with E-state index in [4.69, 9.17) is 4.12 Å². The highest BCUT2D eigenvalue weighted by atomic mass is 28.4. The molecule has 1 nitrogen and oxygen atoms in total. The summed E-state index contributed by atoms with van der Waals surface area (Å²) in [4.78, 5) is 0. The van der Waals surface area contributed by atoms with Crippen LogP contribution in [0, 0.1) is 0 Å². The van der Waals surface area contributed by atoms with E-state index < -0.39 is 17.4 Å². The van der Waals surface area contributed by atoms with Crippen molar-refractivity contribution in [3.8, 4) is 0 Å². The minimum Gasteiger partial charge on any atom is -0.458 e. The Labute approximate surface area is 169 Å². The second-order valence-electron chi connectivity index (χ2n) is 9.33. The van der Waals surface area contributed by atoms with Gasteiger partial charge in [-0.25, -0.2) is 0 Å². The molecule has 0 heterocycles. The first-order valence-corrected chi connectivity index (χ1v) is 18.1. The van der Waals surface area contributed by atoms with E-state index >= 15 is 0 Å². The summed E-state index contributed by atoms with van der Waals surface area (Å²) in [5.41, 5.74) is 0. The summed E-state index contributed by atoms with van der Waals surface area (Å²) in [5.74, 6) is 0. The highest BCUT2D eigenvalue weighted by Gasteiger charge is 2.22. The topological polar surface area (TPSA) is 9.23 Å². The summed E-state index contributed by atoms with van der Waals surface area (Å²) in [6, 6.07) is 1.37. The second kappa shape index (κ2) is 18.7. The van der Waals surface area contributed by atoms with Gasteiger partial charge in [-0.05, 0) is 32.2 Å². The van der Waals surface area contributed by atoms with Crippen molar-refractivity contribution in [2.24, 2.45) is 0 Å². The predicted molar refractivity (Wildman–Crippen MR) is 126 cm³/mol. The van der Waals surface area contributed by atoms with Gasteiger partial charge in [0.2, 0.25) is 0 Å². The highest BCUT2D eigenvalue weighted by molar-refractivity contribution is 6.77. The van der Waals surface area contributed by atoms with Crippen LogP contribution in [-0.2, 0) is 4.12 Å². The number of hydrogen-bond acceptors (Lipinski definition) is 1. The molecule has 158 valence electrons. The molecule has 0 rings (SSSR count). The zero-order valence-electron chi connectivity index (χ0n) is 19.2. The minimum atomic E-state index is -1.31. The molecule has 0 aromatic carbocycles. The predicted octanol–water partition coefficient (Wildman–Crippen LogP) is 8.84. The summed E-state index contributed by atoms with van der Waals surface area (Å²) in [5, 5.41) is 0. The fourth-order valence-electron chi connectivity index (χ4n) is 3.97. The van der Waals surface area contributed by atoms with Crippen molar-refractivity contribution in [1.29, 1.82) is 0 Å². The molecule has 26 heavy (non-hydrogen) atoms. The zero-order chi connectivity index (χ0) is 19.5. The minimum absolute atomic E-state index is 0.831. The average molecular weight is 401 g/mol. The van der Waals surface area contributed by atoms with Crippen LogP contribution in [0.2, 0.25) is 32.2 Å². The van der Waals surface area contributed by atoms with Gasteiger partial charge in [0, 0.05) is 0 Å². The molecule has 0 aromatic rings. The third-order valence-corrected chi connectivity index (χ3v) is 11.4. The maximum atomic E-state index is 6.24. The molecule has 0 aromatic heterocycles. The first kappa shape index (κ1) is 26.4. The van der Waals surface area contributed by atoms with Crippen molar-refractivity contribution < 1.29 is 4.12 Å². The van der Waals surface area contributed by atoms with Crippen molar-refractivity contribution in [2.75, 3.05) is 0 Å². The van der Waals surface area contributed by atoms with Crippen LogP contribution < -0.4 is 0 Å². The largest absolute Gasteiger partial charge is 0.458 e. The lowest BCUT2D eigenvalue weighted by Gasteiger charge is -2.25. The van der Waals surface area contributed by atoms with E-state index in [2.05, 4.69) is 33.1 Å². The molecule has 0 radical (unpaired) electrons. The van der Waals surface area contributed by atoms with Gasteiger partial charge >= 0.3 is 0 Å². The maximum absolute atomic E-state index is 6.24. The van der Waals surface area contributed by atoms with Crippen LogP contribution in [0.5, 0.6) is 0 Å². The van der Waals surface area contributed by atoms with Gasteiger partial charge in [0.25, 0.3) is 0 Å². The number of rotatable bonds is 20. The average Bonchev–Trinajstić information content (AvgIpc) is 2.56. The monoisotopic (exact) mass is 400 g/mol. The highest BCUT2D eigenvalue weighted by Crippen LogP contribution is 2.19. The van der Waals surface area contributed by atoms with Gasteiger partial charge in [-0.3, -0.25) is 0 Å². The van der Waals surface area contributed by atoms with Crippen LogP contribution in [0.3, 0.4) is 0 Å². The number of unbranched alkanes of at least 4 members (excludes halogenated alkanes) is 16. The Morgan fingerprint density at radius 3 is 1.15 bits per heavy atom. The van der Waals surface area contributed by atoms with Crippen LogP contribution in [0.25, 0.3) is 0 Å². The molecule has 0 unspecified atom stereocenters. The Hall–Kier alpha value is 0.394. The Kier molecular flexibility index (Phi) is 19.0. The lowest BCUT2D eigenvalue weighted by atomic mass is 10.0. The smallest absolute Gasteiger partial charge is 0.173 e. The van der Waals surface area contributed by atoms with Crippen LogP contribution in [0.4, 0.5) is 0 Å². The Bertz CT molecular complexity index is 279. The van der Waals surface area contributed by atoms with Crippen LogP contribution in [0.1, 0.15) is 116 Å². The fraction of sp³-hybridized carbons (Fsp3) is 1.00. The third-order valence-electron chi connectivity index (χ3n) is 5.44. The summed E-state index contributed by atoms with van der Waals surface area (Å²) in [6.07, 6.45) is 24.8. The van der Waals surface area contributed by atoms with Gasteiger partial charge < -0.3 is 4.12 Å². The van der Waals surface area contributed by atoms with Crippen LogP contribution in [0.15, 0.2) is 0 Å². The first-order valence-electron chi connectivity index (χ1n) is 12.2. The molecular formula is C23H52OSi2. The maximum Gasteiger partial charge on any atom is 0.173 e. The molecule has 0 saturated heterocycles. The van der Waals surface area contributed by atoms with E-state index in [-0.39, 0.29) is 0 Å². The van der Waals surface area contributed by atoms with E-state index in [1.165, 1.54) is 115 Å². The Balaban J connectivity index is 3.16. The Morgan fingerprint density at radius 1 is 0.538 bits per heavy atom. The van der Waals surface area contributed by atoms with E-state index in [0.717, 1.165) is 0 Å². The van der Waals surface area contributed by atoms with Crippen molar-refractivity contribution >= 4 is 17.4 Å². The first-order chi connectivity index (χ1) is 12.5. The molecule has 0 saturated carbocycles. The van der Waals surface area contributed by atoms with Gasteiger partial charge in [0.15, 0.2) is 17.4 Å². The van der Waals surface area contributed by atoms with Gasteiger partial charge in [-0.2, -0.15) is 0 Å². The quantitative estimate of drug-likeness (QED) is 0.146. The van der Waals surface area contributed by atoms with E-state index in [1.54, 1.807) is 0 Å². The van der Waals surface area contributed by atoms with Gasteiger partial charge in [0.1, 0.15) is 0 Å². The summed E-state index contributed by atoms with van der Waals surface area (Å²) >= 11 is 0. The molecule has 0 bridgehead atoms. The molecule has 0 spiro atoms. The van der Waals surface area contributed by atoms with Crippen molar-refractivity contribution in [3.05, 3.63) is 0 Å². The fourth-order valence-corrected chi connectivity index (χ4v) is 10.7. The normalized spacial score (nSPS) is 12.2. The summed E-state index contributed by atoms with van der Waals surface area (Å²) < 4.78 is 6.24. The molecule has 0 atom stereocenters. The Morgan fingerprint density at radius 2 is 0.846 bits per heavy atom. The van der Waals surface area contributed by atoms with Crippen molar-refractivity contribution in [1.82, 2.24) is 0 Å². The van der Waals surface area contributed by atoms with E-state index in [1.807, 2.05) is 0 Å². The van der Waals surface area contributed by atoms with Crippen molar-refractivity contribution in [2.45, 2.75) is 148 Å². The molecule has 0 fully saturated rings. The molecule has 0 N–H and O–H groups in total. The molecular weight excluding hydrogens is 348 g/mol. The van der Waals surface area contributed by atoms with E-state index in [9.17, 15) is 0 Å². The SMILES string of the molecule is CCCCCCCCCCCCCCCCCCC[Si](C)(C)O[SiH](C)C.